The molecule has 2 aromatic rings. The molecule has 0 aromatic carbocycles. The number of halogens is 1. The molecule has 2 aromatic heterocycles. The van der Waals surface area contributed by atoms with Gasteiger partial charge in [-0.1, -0.05) is 11.6 Å². The molecule has 0 radical (unpaired) electrons. The Hall–Kier alpha value is -2.08. The van der Waals surface area contributed by atoms with Crippen LogP contribution in [0.4, 0.5) is 5.69 Å². The zero-order chi connectivity index (χ0) is 14.0. The Morgan fingerprint density at radius 2 is 2.11 bits per heavy atom. The first-order valence-corrected chi connectivity index (χ1v) is 5.98. The molecule has 0 bridgehead atoms. The highest BCUT2D eigenvalue weighted by atomic mass is 35.5. The Labute approximate surface area is 114 Å². The van der Waals surface area contributed by atoms with E-state index in [2.05, 4.69) is 10.3 Å². The lowest BCUT2D eigenvalue weighted by molar-refractivity contribution is 0.671. The van der Waals surface area contributed by atoms with Gasteiger partial charge in [0.15, 0.2) is 0 Å². The summed E-state index contributed by atoms with van der Waals surface area (Å²) >= 11 is 5.77. The van der Waals surface area contributed by atoms with E-state index in [4.69, 9.17) is 11.6 Å². The van der Waals surface area contributed by atoms with Crippen molar-refractivity contribution in [3.05, 3.63) is 56.1 Å². The topological polar surface area (TPSA) is 68.9 Å². The number of pyridine rings is 1. The first kappa shape index (κ1) is 13.4. The molecule has 2 rings (SSSR count). The van der Waals surface area contributed by atoms with E-state index in [1.807, 2.05) is 0 Å². The maximum Gasteiger partial charge on any atom is 0.330 e. The predicted octanol–water partition coefficient (Wildman–Crippen LogP) is 0.744. The molecule has 0 saturated heterocycles. The standard InChI is InChI=1S/C12H13ClN4O2/c1-16-7-8(11(18)17(2)12(16)19)6-15-9-3-4-14-10(13)5-9/h3-5,7H,6H2,1-2H3,(H,14,15). The molecule has 0 aliphatic carbocycles. The van der Waals surface area contributed by atoms with Crippen molar-refractivity contribution in [2.45, 2.75) is 6.54 Å². The van der Waals surface area contributed by atoms with E-state index in [0.717, 1.165) is 10.3 Å². The van der Waals surface area contributed by atoms with Crippen molar-refractivity contribution in [3.8, 4) is 0 Å². The highest BCUT2D eigenvalue weighted by molar-refractivity contribution is 6.29. The third-order valence-electron chi connectivity index (χ3n) is 2.73. The normalized spacial score (nSPS) is 10.5. The van der Waals surface area contributed by atoms with Crippen LogP contribution in [0, 0.1) is 0 Å². The number of rotatable bonds is 3. The summed E-state index contributed by atoms with van der Waals surface area (Å²) in [5.41, 5.74) is 0.602. The fourth-order valence-electron chi connectivity index (χ4n) is 1.71. The first-order valence-electron chi connectivity index (χ1n) is 5.60. The smallest absolute Gasteiger partial charge is 0.330 e. The molecule has 0 spiro atoms. The second-order valence-corrected chi connectivity index (χ2v) is 4.52. The van der Waals surface area contributed by atoms with E-state index in [1.54, 1.807) is 25.4 Å². The maximum atomic E-state index is 11.9. The zero-order valence-electron chi connectivity index (χ0n) is 10.6. The van der Waals surface area contributed by atoms with Crippen LogP contribution in [0.2, 0.25) is 5.15 Å². The molecule has 2 heterocycles. The summed E-state index contributed by atoms with van der Waals surface area (Å²) in [4.78, 5) is 27.3. The van der Waals surface area contributed by atoms with Crippen LogP contribution in [0.1, 0.15) is 5.56 Å². The minimum atomic E-state index is -0.347. The number of anilines is 1. The lowest BCUT2D eigenvalue weighted by Crippen LogP contribution is -2.38. The molecule has 0 fully saturated rings. The van der Waals surface area contributed by atoms with Gasteiger partial charge in [0.1, 0.15) is 5.15 Å². The molecule has 7 heteroatoms. The average Bonchev–Trinajstić information content (AvgIpc) is 2.39. The highest BCUT2D eigenvalue weighted by Crippen LogP contribution is 2.12. The van der Waals surface area contributed by atoms with Crippen molar-refractivity contribution in [2.75, 3.05) is 5.32 Å². The van der Waals surface area contributed by atoms with Crippen molar-refractivity contribution < 1.29 is 0 Å². The summed E-state index contributed by atoms with van der Waals surface area (Å²) in [7, 11) is 3.06. The summed E-state index contributed by atoms with van der Waals surface area (Å²) in [6, 6.07) is 3.41. The van der Waals surface area contributed by atoms with Crippen molar-refractivity contribution in [3.63, 3.8) is 0 Å². The van der Waals surface area contributed by atoms with Crippen molar-refractivity contribution in [1.82, 2.24) is 14.1 Å². The second-order valence-electron chi connectivity index (χ2n) is 4.13. The predicted molar refractivity (Wildman–Crippen MR) is 73.5 cm³/mol. The van der Waals surface area contributed by atoms with Crippen LogP contribution in [0.5, 0.6) is 0 Å². The van der Waals surface area contributed by atoms with E-state index >= 15 is 0 Å². The Morgan fingerprint density at radius 1 is 1.37 bits per heavy atom. The van der Waals surface area contributed by atoms with E-state index in [0.29, 0.717) is 17.3 Å². The van der Waals surface area contributed by atoms with Crippen LogP contribution in [0.15, 0.2) is 34.1 Å². The van der Waals surface area contributed by atoms with Crippen molar-refractivity contribution >= 4 is 17.3 Å². The van der Waals surface area contributed by atoms with Gasteiger partial charge in [0.05, 0.1) is 5.56 Å². The van der Waals surface area contributed by atoms with E-state index in [-0.39, 0.29) is 11.2 Å². The van der Waals surface area contributed by atoms with Gasteiger partial charge in [-0.15, -0.1) is 0 Å². The van der Waals surface area contributed by atoms with Gasteiger partial charge < -0.3 is 9.88 Å². The maximum absolute atomic E-state index is 11.9. The Bertz CT molecular complexity index is 720. The Morgan fingerprint density at radius 3 is 2.79 bits per heavy atom. The van der Waals surface area contributed by atoms with Crippen LogP contribution in [0.25, 0.3) is 0 Å². The fourth-order valence-corrected chi connectivity index (χ4v) is 1.89. The highest BCUT2D eigenvalue weighted by Gasteiger charge is 2.06. The zero-order valence-corrected chi connectivity index (χ0v) is 11.3. The molecule has 1 N–H and O–H groups in total. The number of aryl methyl sites for hydroxylation is 1. The summed E-state index contributed by atoms with van der Waals surface area (Å²) in [6.07, 6.45) is 3.10. The molecule has 19 heavy (non-hydrogen) atoms. The van der Waals surface area contributed by atoms with Crippen LogP contribution in [-0.4, -0.2) is 14.1 Å². The van der Waals surface area contributed by atoms with Crippen LogP contribution >= 0.6 is 11.6 Å². The minimum absolute atomic E-state index is 0.307. The molecule has 100 valence electrons. The van der Waals surface area contributed by atoms with Gasteiger partial charge in [-0.05, 0) is 12.1 Å². The summed E-state index contributed by atoms with van der Waals surface area (Å²) in [5, 5.41) is 3.44. The van der Waals surface area contributed by atoms with Gasteiger partial charge in [-0.2, -0.15) is 0 Å². The number of hydrogen-bond acceptors (Lipinski definition) is 4. The largest absolute Gasteiger partial charge is 0.381 e. The molecule has 0 atom stereocenters. The molecule has 0 unspecified atom stereocenters. The first-order chi connectivity index (χ1) is 8.99. The van der Waals surface area contributed by atoms with E-state index < -0.39 is 0 Å². The molecule has 0 aliphatic rings. The quantitative estimate of drug-likeness (QED) is 0.842. The van der Waals surface area contributed by atoms with Gasteiger partial charge in [-0.25, -0.2) is 9.78 Å². The fraction of sp³-hybridized carbons (Fsp3) is 0.250. The van der Waals surface area contributed by atoms with Gasteiger partial charge in [0, 0.05) is 38.7 Å². The number of nitrogens with zero attached hydrogens (tertiary/aromatic N) is 3. The third kappa shape index (κ3) is 2.85. The van der Waals surface area contributed by atoms with Crippen LogP contribution < -0.4 is 16.6 Å². The molecular formula is C12H13ClN4O2. The third-order valence-corrected chi connectivity index (χ3v) is 2.93. The van der Waals surface area contributed by atoms with E-state index in [1.165, 1.54) is 17.8 Å². The molecule has 0 amide bonds. The van der Waals surface area contributed by atoms with Gasteiger partial charge >= 0.3 is 5.69 Å². The Kier molecular flexibility index (Phi) is 3.71. The number of aromatic nitrogens is 3. The summed E-state index contributed by atoms with van der Waals surface area (Å²) in [5.74, 6) is 0. The SMILES string of the molecule is Cn1cc(CNc2ccnc(Cl)c2)c(=O)n(C)c1=O. The molecule has 0 saturated carbocycles. The van der Waals surface area contributed by atoms with Crippen LogP contribution in [-0.2, 0) is 20.6 Å². The second kappa shape index (κ2) is 5.27. The number of hydrogen-bond donors (Lipinski definition) is 1. The summed E-state index contributed by atoms with van der Waals surface area (Å²) in [6.45, 7) is 0.307. The summed E-state index contributed by atoms with van der Waals surface area (Å²) < 4.78 is 2.45. The molecule has 0 aliphatic heterocycles. The molecule has 6 nitrogen and oxygen atoms in total. The number of nitrogens with one attached hydrogen (secondary N) is 1. The monoisotopic (exact) mass is 280 g/mol. The average molecular weight is 281 g/mol. The lowest BCUT2D eigenvalue weighted by Gasteiger charge is -2.09. The minimum Gasteiger partial charge on any atom is -0.381 e. The Balaban J connectivity index is 2.26. The molecular weight excluding hydrogens is 268 g/mol. The van der Waals surface area contributed by atoms with Crippen molar-refractivity contribution in [2.24, 2.45) is 14.1 Å². The lowest BCUT2D eigenvalue weighted by atomic mass is 10.3. The van der Waals surface area contributed by atoms with Gasteiger partial charge in [0.25, 0.3) is 5.56 Å². The van der Waals surface area contributed by atoms with E-state index in [9.17, 15) is 9.59 Å². The van der Waals surface area contributed by atoms with Gasteiger partial charge in [0.2, 0.25) is 0 Å². The van der Waals surface area contributed by atoms with Gasteiger partial charge in [-0.3, -0.25) is 9.36 Å². The van der Waals surface area contributed by atoms with Crippen molar-refractivity contribution in [1.29, 1.82) is 0 Å². The van der Waals surface area contributed by atoms with Crippen LogP contribution in [0.3, 0.4) is 0 Å².